The molecule has 0 radical (unpaired) electrons. The van der Waals surface area contributed by atoms with Crippen molar-refractivity contribution in [3.05, 3.63) is 0 Å². The lowest BCUT2D eigenvalue weighted by molar-refractivity contribution is 0.262. The molecule has 0 aliphatic carbocycles. The number of carbonyl (C=O) groups is 1. The van der Waals surface area contributed by atoms with E-state index in [0.717, 1.165) is 26.0 Å². The maximum Gasteiger partial charge on any atom is 0.280 e. The van der Waals surface area contributed by atoms with E-state index in [4.69, 9.17) is 4.74 Å². The van der Waals surface area contributed by atoms with Crippen molar-refractivity contribution in [2.75, 3.05) is 13.2 Å². The zero-order valence-electron chi connectivity index (χ0n) is 5.60. The van der Waals surface area contributed by atoms with Gasteiger partial charge in [-0.15, -0.1) is 0 Å². The van der Waals surface area contributed by atoms with Crippen molar-refractivity contribution in [1.82, 2.24) is 5.32 Å². The zero-order chi connectivity index (χ0) is 7.40. The Hall–Kier alpha value is 0.160. The van der Waals surface area contributed by atoms with Crippen LogP contribution < -0.4 is 5.32 Å². The van der Waals surface area contributed by atoms with Crippen LogP contribution in [0.2, 0.25) is 0 Å². The molecule has 1 aliphatic heterocycles. The number of carbonyl (C=O) groups excluding carboxylic acids is 1. The van der Waals surface area contributed by atoms with Gasteiger partial charge in [-0.1, -0.05) is 0 Å². The third kappa shape index (κ3) is 4.05. The number of hydrogen-bond donors (Lipinski definition) is 1. The van der Waals surface area contributed by atoms with Gasteiger partial charge in [0.25, 0.3) is 3.91 Å². The minimum absolute atomic E-state index is 0.0225. The molecule has 1 unspecified atom stereocenters. The highest BCUT2D eigenvalue weighted by molar-refractivity contribution is 14.1. The molecular formula is C6H10INO2. The maximum absolute atomic E-state index is 10.3. The van der Waals surface area contributed by atoms with Crippen molar-refractivity contribution in [2.24, 2.45) is 0 Å². The quantitative estimate of drug-likeness (QED) is 0.270. The fourth-order valence-corrected chi connectivity index (χ4v) is 1.02. The summed E-state index contributed by atoms with van der Waals surface area (Å²) in [6.07, 6.45) is 2.60. The molecule has 1 heterocycles. The monoisotopic (exact) mass is 255 g/mol. The van der Waals surface area contributed by atoms with Crippen LogP contribution in [0.25, 0.3) is 0 Å². The van der Waals surface area contributed by atoms with E-state index in [1.807, 2.05) is 0 Å². The van der Waals surface area contributed by atoms with Gasteiger partial charge in [0.15, 0.2) is 0 Å². The minimum Gasteiger partial charge on any atom is -0.373 e. The van der Waals surface area contributed by atoms with Gasteiger partial charge in [-0.25, -0.2) is 0 Å². The lowest BCUT2D eigenvalue weighted by Crippen LogP contribution is -2.17. The number of rotatable bonds is 4. The first-order chi connectivity index (χ1) is 4.79. The number of amides is 1. The number of hydrogen-bond acceptors (Lipinski definition) is 2. The first-order valence-corrected chi connectivity index (χ1v) is 4.42. The summed E-state index contributed by atoms with van der Waals surface area (Å²) in [6, 6.07) is 0. The number of epoxide rings is 1. The first-order valence-electron chi connectivity index (χ1n) is 3.34. The molecule has 0 aromatic heterocycles. The lowest BCUT2D eigenvalue weighted by Gasteiger charge is -1.97. The summed E-state index contributed by atoms with van der Waals surface area (Å²) in [5.74, 6) is 0. The van der Waals surface area contributed by atoms with Crippen molar-refractivity contribution < 1.29 is 9.53 Å². The van der Waals surface area contributed by atoms with Crippen molar-refractivity contribution in [3.8, 4) is 0 Å². The van der Waals surface area contributed by atoms with E-state index >= 15 is 0 Å². The van der Waals surface area contributed by atoms with E-state index < -0.39 is 0 Å². The van der Waals surface area contributed by atoms with Crippen LogP contribution >= 0.6 is 22.6 Å². The molecule has 1 fully saturated rings. The molecule has 10 heavy (non-hydrogen) atoms. The summed E-state index contributed by atoms with van der Waals surface area (Å²) in [6.45, 7) is 1.69. The molecule has 0 aromatic rings. The van der Waals surface area contributed by atoms with Gasteiger partial charge in [-0.2, -0.15) is 0 Å². The van der Waals surface area contributed by atoms with E-state index in [9.17, 15) is 4.79 Å². The summed E-state index contributed by atoms with van der Waals surface area (Å²) in [7, 11) is 0. The van der Waals surface area contributed by atoms with Crippen molar-refractivity contribution in [2.45, 2.75) is 18.9 Å². The van der Waals surface area contributed by atoms with Gasteiger partial charge >= 0.3 is 0 Å². The van der Waals surface area contributed by atoms with Crippen LogP contribution in [0.3, 0.4) is 0 Å². The van der Waals surface area contributed by atoms with E-state index in [0.29, 0.717) is 6.10 Å². The molecule has 1 N–H and O–H groups in total. The summed E-state index contributed by atoms with van der Waals surface area (Å²) >= 11 is 1.73. The predicted molar refractivity (Wildman–Crippen MR) is 46.4 cm³/mol. The fourth-order valence-electron chi connectivity index (χ4n) is 0.751. The molecule has 1 aliphatic rings. The number of ether oxygens (including phenoxy) is 1. The van der Waals surface area contributed by atoms with Crippen LogP contribution in [0, 0.1) is 0 Å². The Morgan fingerprint density at radius 1 is 1.80 bits per heavy atom. The third-order valence-electron chi connectivity index (χ3n) is 1.37. The highest BCUT2D eigenvalue weighted by Gasteiger charge is 2.20. The van der Waals surface area contributed by atoms with E-state index in [2.05, 4.69) is 5.32 Å². The lowest BCUT2D eigenvalue weighted by atomic mass is 10.2. The topological polar surface area (TPSA) is 41.6 Å². The van der Waals surface area contributed by atoms with E-state index in [1.54, 1.807) is 22.6 Å². The molecule has 0 saturated carbocycles. The molecular weight excluding hydrogens is 245 g/mol. The van der Waals surface area contributed by atoms with Gasteiger partial charge in [0, 0.05) is 29.1 Å². The minimum atomic E-state index is 0.0225. The normalized spacial score (nSPS) is 22.3. The maximum atomic E-state index is 10.3. The number of nitrogens with one attached hydrogen (secondary N) is 1. The summed E-state index contributed by atoms with van der Waals surface area (Å²) in [4.78, 5) is 10.3. The smallest absolute Gasteiger partial charge is 0.280 e. The molecule has 0 bridgehead atoms. The van der Waals surface area contributed by atoms with Crippen LogP contribution in [0.15, 0.2) is 0 Å². The molecule has 3 nitrogen and oxygen atoms in total. The van der Waals surface area contributed by atoms with Crippen LogP contribution in [0.5, 0.6) is 0 Å². The molecule has 1 amide bonds. The second-order valence-corrected chi connectivity index (χ2v) is 3.28. The Kier molecular flexibility index (Phi) is 3.41. The van der Waals surface area contributed by atoms with Gasteiger partial charge in [0.1, 0.15) is 0 Å². The summed E-state index contributed by atoms with van der Waals surface area (Å²) in [5.41, 5.74) is 0. The molecule has 0 aromatic carbocycles. The summed E-state index contributed by atoms with van der Waals surface area (Å²) < 4.78 is 5.02. The van der Waals surface area contributed by atoms with Crippen molar-refractivity contribution in [1.29, 1.82) is 0 Å². The van der Waals surface area contributed by atoms with Gasteiger partial charge in [0.2, 0.25) is 0 Å². The van der Waals surface area contributed by atoms with E-state index in [1.165, 1.54) is 0 Å². The third-order valence-corrected chi connectivity index (χ3v) is 1.75. The van der Waals surface area contributed by atoms with Gasteiger partial charge < -0.3 is 10.1 Å². The van der Waals surface area contributed by atoms with Crippen molar-refractivity contribution in [3.63, 3.8) is 0 Å². The Bertz CT molecular complexity index is 125. The molecule has 1 atom stereocenters. The Morgan fingerprint density at radius 2 is 2.50 bits per heavy atom. The summed E-state index contributed by atoms with van der Waals surface area (Å²) in [5, 5.41) is 2.72. The van der Waals surface area contributed by atoms with E-state index in [-0.39, 0.29) is 3.91 Å². The first kappa shape index (κ1) is 8.26. The molecule has 1 saturated heterocycles. The fraction of sp³-hybridized carbons (Fsp3) is 0.833. The van der Waals surface area contributed by atoms with Gasteiger partial charge in [-0.05, 0) is 12.8 Å². The molecule has 4 heteroatoms. The van der Waals surface area contributed by atoms with Crippen LogP contribution in [0.4, 0.5) is 4.79 Å². The zero-order valence-corrected chi connectivity index (χ0v) is 7.76. The average Bonchev–Trinajstić information content (AvgIpc) is 2.62. The van der Waals surface area contributed by atoms with Crippen LogP contribution in [-0.2, 0) is 4.74 Å². The van der Waals surface area contributed by atoms with Crippen LogP contribution in [0.1, 0.15) is 12.8 Å². The van der Waals surface area contributed by atoms with Gasteiger partial charge in [-0.3, -0.25) is 4.79 Å². The largest absolute Gasteiger partial charge is 0.373 e. The Morgan fingerprint density at radius 3 is 3.00 bits per heavy atom. The molecule has 58 valence electrons. The highest BCUT2D eigenvalue weighted by atomic mass is 127. The number of halogens is 1. The van der Waals surface area contributed by atoms with Gasteiger partial charge in [0.05, 0.1) is 12.7 Å². The highest BCUT2D eigenvalue weighted by Crippen LogP contribution is 2.14. The Balaban J connectivity index is 1.80. The molecule has 0 spiro atoms. The standard InChI is InChI=1S/C6H10INO2/c7-6(9)8-3-1-2-5-4-10-5/h5H,1-4H2,(H,8,9). The van der Waals surface area contributed by atoms with Crippen LogP contribution in [-0.4, -0.2) is 23.2 Å². The van der Waals surface area contributed by atoms with Crippen molar-refractivity contribution >= 4 is 26.5 Å². The molecule has 1 rings (SSSR count). The second-order valence-electron chi connectivity index (χ2n) is 2.30. The average molecular weight is 255 g/mol. The Labute approximate surface area is 73.6 Å². The second kappa shape index (κ2) is 4.12. The predicted octanol–water partition coefficient (Wildman–Crippen LogP) is 1.31. The SMILES string of the molecule is O=C(I)NCCCC1CO1.